The minimum Gasteiger partial charge on any atom is -0.494 e. The number of likely N-dealkylation sites (N-methyl/N-ethyl adjacent to an activating group) is 1. The second kappa shape index (κ2) is 7.09. The van der Waals surface area contributed by atoms with E-state index in [0.29, 0.717) is 5.54 Å². The summed E-state index contributed by atoms with van der Waals surface area (Å²) in [4.78, 5) is 2.41. The third kappa shape index (κ3) is 3.74. The lowest BCUT2D eigenvalue weighted by Crippen LogP contribution is -2.49. The van der Waals surface area contributed by atoms with Crippen molar-refractivity contribution in [3.63, 3.8) is 0 Å². The first-order valence-electron chi connectivity index (χ1n) is 7.76. The summed E-state index contributed by atoms with van der Waals surface area (Å²) in [5, 5.41) is 3.64. The molecule has 1 saturated carbocycles. The van der Waals surface area contributed by atoms with E-state index in [1.165, 1.54) is 31.2 Å². The number of nitrogens with one attached hydrogen (secondary N) is 1. The molecule has 0 heterocycles. The van der Waals surface area contributed by atoms with Crippen LogP contribution >= 0.6 is 0 Å². The Balaban J connectivity index is 1.87. The second-order valence-electron chi connectivity index (χ2n) is 6.01. The molecule has 3 nitrogen and oxygen atoms in total. The number of nitrogens with zero attached hydrogens (tertiary/aromatic N) is 1. The molecule has 0 amide bonds. The standard InChI is InChI=1S/C17H28N2O/c1-4-20-16-9-7-8-15(12-16)13-18-14-17(19(2)3)10-5-6-11-17/h7-9,12,18H,4-6,10-11,13-14H2,1-3H3. The van der Waals surface area contributed by atoms with E-state index >= 15 is 0 Å². The van der Waals surface area contributed by atoms with Gasteiger partial charge in [-0.25, -0.2) is 0 Å². The van der Waals surface area contributed by atoms with Crippen molar-refractivity contribution in [3.05, 3.63) is 29.8 Å². The Morgan fingerprint density at radius 1 is 1.25 bits per heavy atom. The highest BCUT2D eigenvalue weighted by Crippen LogP contribution is 2.33. The monoisotopic (exact) mass is 276 g/mol. The van der Waals surface area contributed by atoms with Gasteiger partial charge in [0.15, 0.2) is 0 Å². The van der Waals surface area contributed by atoms with Crippen LogP contribution in [0.5, 0.6) is 5.75 Å². The smallest absolute Gasteiger partial charge is 0.119 e. The molecule has 0 radical (unpaired) electrons. The van der Waals surface area contributed by atoms with Crippen LogP contribution in [0, 0.1) is 0 Å². The highest BCUT2D eigenvalue weighted by Gasteiger charge is 2.35. The van der Waals surface area contributed by atoms with Crippen molar-refractivity contribution >= 4 is 0 Å². The zero-order valence-corrected chi connectivity index (χ0v) is 13.1. The Hall–Kier alpha value is -1.06. The fourth-order valence-corrected chi connectivity index (χ4v) is 3.17. The van der Waals surface area contributed by atoms with E-state index in [1.807, 2.05) is 13.0 Å². The van der Waals surface area contributed by atoms with E-state index in [9.17, 15) is 0 Å². The maximum Gasteiger partial charge on any atom is 0.119 e. The van der Waals surface area contributed by atoms with Gasteiger partial charge in [0.05, 0.1) is 6.61 Å². The van der Waals surface area contributed by atoms with Crippen LogP contribution in [0.1, 0.15) is 38.2 Å². The average molecular weight is 276 g/mol. The van der Waals surface area contributed by atoms with Gasteiger partial charge in [-0.05, 0) is 51.6 Å². The molecule has 0 aromatic heterocycles. The van der Waals surface area contributed by atoms with E-state index in [4.69, 9.17) is 4.74 Å². The summed E-state index contributed by atoms with van der Waals surface area (Å²) in [6, 6.07) is 8.38. The molecule has 2 rings (SSSR count). The van der Waals surface area contributed by atoms with Crippen molar-refractivity contribution in [2.75, 3.05) is 27.2 Å². The van der Waals surface area contributed by atoms with Gasteiger partial charge in [-0.1, -0.05) is 25.0 Å². The van der Waals surface area contributed by atoms with Crippen molar-refractivity contribution < 1.29 is 4.74 Å². The van der Waals surface area contributed by atoms with Crippen molar-refractivity contribution in [3.8, 4) is 5.75 Å². The molecule has 1 N–H and O–H groups in total. The highest BCUT2D eigenvalue weighted by molar-refractivity contribution is 5.28. The molecule has 1 aliphatic carbocycles. The van der Waals surface area contributed by atoms with Crippen LogP contribution in [0.25, 0.3) is 0 Å². The van der Waals surface area contributed by atoms with E-state index in [1.54, 1.807) is 0 Å². The summed E-state index contributed by atoms with van der Waals surface area (Å²) < 4.78 is 5.55. The molecule has 0 bridgehead atoms. The SMILES string of the molecule is CCOc1cccc(CNCC2(N(C)C)CCCC2)c1. The average Bonchev–Trinajstić information content (AvgIpc) is 2.90. The zero-order valence-electron chi connectivity index (χ0n) is 13.1. The lowest BCUT2D eigenvalue weighted by atomic mass is 9.96. The molecular weight excluding hydrogens is 248 g/mol. The largest absolute Gasteiger partial charge is 0.494 e. The number of hydrogen-bond donors (Lipinski definition) is 1. The fraction of sp³-hybridized carbons (Fsp3) is 0.647. The first-order valence-corrected chi connectivity index (χ1v) is 7.76. The third-order valence-corrected chi connectivity index (χ3v) is 4.48. The van der Waals surface area contributed by atoms with Gasteiger partial charge in [0, 0.05) is 18.6 Å². The van der Waals surface area contributed by atoms with Crippen LogP contribution in [0.4, 0.5) is 0 Å². The van der Waals surface area contributed by atoms with Crippen LogP contribution in [-0.2, 0) is 6.54 Å². The summed E-state index contributed by atoms with van der Waals surface area (Å²) in [5.41, 5.74) is 1.65. The molecular formula is C17H28N2O. The number of rotatable bonds is 7. The normalized spacial score (nSPS) is 17.6. The highest BCUT2D eigenvalue weighted by atomic mass is 16.5. The van der Waals surface area contributed by atoms with Crippen molar-refractivity contribution in [2.45, 2.75) is 44.7 Å². The summed E-state index contributed by atoms with van der Waals surface area (Å²) in [6.07, 6.45) is 5.34. The Labute approximate surface area is 123 Å². The predicted molar refractivity (Wildman–Crippen MR) is 84.2 cm³/mol. The van der Waals surface area contributed by atoms with Crippen LogP contribution in [0.15, 0.2) is 24.3 Å². The van der Waals surface area contributed by atoms with E-state index < -0.39 is 0 Å². The van der Waals surface area contributed by atoms with Crippen LogP contribution in [0.3, 0.4) is 0 Å². The first-order chi connectivity index (χ1) is 9.66. The minimum absolute atomic E-state index is 0.359. The van der Waals surface area contributed by atoms with Crippen molar-refractivity contribution in [2.24, 2.45) is 0 Å². The summed E-state index contributed by atoms with van der Waals surface area (Å²) in [6.45, 7) is 4.72. The molecule has 0 atom stereocenters. The molecule has 1 aromatic carbocycles. The van der Waals surface area contributed by atoms with Gasteiger partial charge in [-0.3, -0.25) is 0 Å². The molecule has 0 aliphatic heterocycles. The lowest BCUT2D eigenvalue weighted by molar-refractivity contribution is 0.153. The lowest BCUT2D eigenvalue weighted by Gasteiger charge is -2.36. The molecule has 1 aliphatic rings. The van der Waals surface area contributed by atoms with E-state index in [-0.39, 0.29) is 0 Å². The topological polar surface area (TPSA) is 24.5 Å². The maximum absolute atomic E-state index is 5.55. The van der Waals surface area contributed by atoms with Crippen LogP contribution in [-0.4, -0.2) is 37.7 Å². The van der Waals surface area contributed by atoms with Crippen LogP contribution < -0.4 is 10.1 Å². The third-order valence-electron chi connectivity index (χ3n) is 4.48. The first kappa shape index (κ1) is 15.3. The summed E-state index contributed by atoms with van der Waals surface area (Å²) >= 11 is 0. The zero-order chi connectivity index (χ0) is 14.4. The van der Waals surface area contributed by atoms with Gasteiger partial charge in [-0.15, -0.1) is 0 Å². The van der Waals surface area contributed by atoms with Crippen molar-refractivity contribution in [1.82, 2.24) is 10.2 Å². The van der Waals surface area contributed by atoms with Gasteiger partial charge < -0.3 is 15.0 Å². The Bertz CT molecular complexity index is 411. The number of ether oxygens (including phenoxy) is 1. The van der Waals surface area contributed by atoms with Gasteiger partial charge >= 0.3 is 0 Å². The molecule has 1 aromatic rings. The Morgan fingerprint density at radius 3 is 2.65 bits per heavy atom. The van der Waals surface area contributed by atoms with Gasteiger partial charge in [0.25, 0.3) is 0 Å². The molecule has 0 spiro atoms. The van der Waals surface area contributed by atoms with Gasteiger partial charge in [0.1, 0.15) is 5.75 Å². The van der Waals surface area contributed by atoms with E-state index in [2.05, 4.69) is 42.5 Å². The minimum atomic E-state index is 0.359. The second-order valence-corrected chi connectivity index (χ2v) is 6.01. The molecule has 20 heavy (non-hydrogen) atoms. The number of benzene rings is 1. The summed E-state index contributed by atoms with van der Waals surface area (Å²) in [7, 11) is 4.42. The number of hydrogen-bond acceptors (Lipinski definition) is 3. The predicted octanol–water partition coefficient (Wildman–Crippen LogP) is 3.05. The van der Waals surface area contributed by atoms with Crippen LogP contribution in [0.2, 0.25) is 0 Å². The van der Waals surface area contributed by atoms with Crippen molar-refractivity contribution in [1.29, 1.82) is 0 Å². The Morgan fingerprint density at radius 2 is 2.00 bits per heavy atom. The van der Waals surface area contributed by atoms with E-state index in [0.717, 1.165) is 25.4 Å². The molecule has 0 unspecified atom stereocenters. The quantitative estimate of drug-likeness (QED) is 0.828. The molecule has 1 fully saturated rings. The summed E-state index contributed by atoms with van der Waals surface area (Å²) in [5.74, 6) is 0.968. The van der Waals surface area contributed by atoms with Gasteiger partial charge in [-0.2, -0.15) is 0 Å². The molecule has 3 heteroatoms. The fourth-order valence-electron chi connectivity index (χ4n) is 3.17. The molecule has 0 saturated heterocycles. The maximum atomic E-state index is 5.55. The Kier molecular flexibility index (Phi) is 5.44. The van der Waals surface area contributed by atoms with Gasteiger partial charge in [0.2, 0.25) is 0 Å². The molecule has 112 valence electrons.